The average molecular weight is 292 g/mol. The molecule has 3 unspecified atom stereocenters. The molecular weight excluding hydrogens is 272 g/mol. The first-order valence-electron chi connectivity index (χ1n) is 6.83. The molecule has 4 N–H and O–H groups in total. The van der Waals surface area contributed by atoms with E-state index in [1.165, 1.54) is 0 Å². The molecule has 1 aromatic rings. The van der Waals surface area contributed by atoms with Gasteiger partial charge in [0.05, 0.1) is 6.61 Å². The van der Waals surface area contributed by atoms with Crippen molar-refractivity contribution < 1.29 is 25.2 Å². The molecule has 0 saturated carbocycles. The van der Waals surface area contributed by atoms with Crippen LogP contribution < -0.4 is 0 Å². The zero-order valence-corrected chi connectivity index (χ0v) is 12.0. The highest BCUT2D eigenvalue weighted by atomic mass is 16.5. The van der Waals surface area contributed by atoms with Gasteiger partial charge in [-0.2, -0.15) is 0 Å². The summed E-state index contributed by atoms with van der Waals surface area (Å²) in [5.41, 5.74) is 2.41. The maximum absolute atomic E-state index is 10.1. The number of benzene rings is 1. The molecule has 0 aromatic heterocycles. The molecule has 0 bridgehead atoms. The minimum atomic E-state index is -1.37. The van der Waals surface area contributed by atoms with E-state index >= 15 is 0 Å². The van der Waals surface area contributed by atoms with Crippen LogP contribution in [0.25, 0.3) is 0 Å². The summed E-state index contributed by atoms with van der Waals surface area (Å²) in [4.78, 5) is 0. The Bertz CT molecular complexity index is 558. The molecular formula is C16H20O5. The summed E-state index contributed by atoms with van der Waals surface area (Å²) in [7, 11) is 0. The van der Waals surface area contributed by atoms with Crippen molar-refractivity contribution in [2.75, 3.05) is 6.61 Å². The summed E-state index contributed by atoms with van der Waals surface area (Å²) < 4.78 is 5.55. The normalized spacial score (nSPS) is 32.4. The molecule has 0 aliphatic carbocycles. The van der Waals surface area contributed by atoms with Gasteiger partial charge in [-0.15, -0.1) is 5.92 Å². The maximum Gasteiger partial charge on any atom is 0.113 e. The third kappa shape index (κ3) is 3.10. The zero-order valence-electron chi connectivity index (χ0n) is 12.0. The second-order valence-electron chi connectivity index (χ2n) is 5.20. The quantitative estimate of drug-likeness (QED) is 0.571. The first-order chi connectivity index (χ1) is 9.99. The standard InChI is InChI=1S/C16H20O5/c1-3-4-10-5-6-11(9(2)7-10)16-15(20)14(19)13(18)12(8-17)21-16/h5-7,12-20H,8H2,1-2H3/t12?,13-,14?,15?,16-/m1/s1. The highest BCUT2D eigenvalue weighted by molar-refractivity contribution is 5.41. The summed E-state index contributed by atoms with van der Waals surface area (Å²) in [5.74, 6) is 5.75. The summed E-state index contributed by atoms with van der Waals surface area (Å²) >= 11 is 0. The Morgan fingerprint density at radius 3 is 2.43 bits per heavy atom. The first kappa shape index (κ1) is 16.0. The van der Waals surface area contributed by atoms with Gasteiger partial charge in [-0.1, -0.05) is 12.0 Å². The van der Waals surface area contributed by atoms with Crippen molar-refractivity contribution >= 4 is 0 Å². The van der Waals surface area contributed by atoms with Crippen LogP contribution in [0.5, 0.6) is 0 Å². The Hall–Kier alpha value is -1.42. The van der Waals surface area contributed by atoms with Gasteiger partial charge in [-0.3, -0.25) is 0 Å². The monoisotopic (exact) mass is 292 g/mol. The van der Waals surface area contributed by atoms with E-state index in [4.69, 9.17) is 4.74 Å². The lowest BCUT2D eigenvalue weighted by atomic mass is 9.89. The minimum absolute atomic E-state index is 0.431. The molecule has 5 atom stereocenters. The smallest absolute Gasteiger partial charge is 0.113 e. The van der Waals surface area contributed by atoms with Crippen LogP contribution in [0.1, 0.15) is 29.7 Å². The van der Waals surface area contributed by atoms with E-state index in [0.29, 0.717) is 5.56 Å². The SMILES string of the molecule is CC#Cc1ccc([C@H]2OC(CO)[C@@H](O)C(O)C2O)c(C)c1. The van der Waals surface area contributed by atoms with Crippen LogP contribution in [0.4, 0.5) is 0 Å². The number of aryl methyl sites for hydroxylation is 1. The van der Waals surface area contributed by atoms with Crippen LogP contribution in [-0.4, -0.2) is 51.4 Å². The van der Waals surface area contributed by atoms with E-state index in [2.05, 4.69) is 11.8 Å². The van der Waals surface area contributed by atoms with Gasteiger partial charge in [0.15, 0.2) is 0 Å². The van der Waals surface area contributed by atoms with Gasteiger partial charge in [-0.25, -0.2) is 0 Å². The van der Waals surface area contributed by atoms with Gasteiger partial charge >= 0.3 is 0 Å². The van der Waals surface area contributed by atoms with Gasteiger partial charge in [0.2, 0.25) is 0 Å². The van der Waals surface area contributed by atoms with E-state index < -0.39 is 37.1 Å². The zero-order chi connectivity index (χ0) is 15.6. The molecule has 0 radical (unpaired) electrons. The number of aliphatic hydroxyl groups is 4. The minimum Gasteiger partial charge on any atom is -0.394 e. The molecule has 1 heterocycles. The number of ether oxygens (including phenoxy) is 1. The molecule has 1 saturated heterocycles. The van der Waals surface area contributed by atoms with Gasteiger partial charge < -0.3 is 25.2 Å². The van der Waals surface area contributed by atoms with Gasteiger partial charge in [0, 0.05) is 5.56 Å². The molecule has 1 aromatic carbocycles. The van der Waals surface area contributed by atoms with Crippen molar-refractivity contribution in [2.45, 2.75) is 44.4 Å². The summed E-state index contributed by atoms with van der Waals surface area (Å²) in [5, 5.41) is 39.0. The van der Waals surface area contributed by atoms with Crippen molar-refractivity contribution in [1.82, 2.24) is 0 Å². The Morgan fingerprint density at radius 2 is 1.86 bits per heavy atom. The summed E-state index contributed by atoms with van der Waals surface area (Å²) in [6, 6.07) is 5.45. The molecule has 114 valence electrons. The third-order valence-corrected chi connectivity index (χ3v) is 3.74. The van der Waals surface area contributed by atoms with E-state index in [1.54, 1.807) is 19.1 Å². The Kier molecular flexibility index (Phi) is 4.99. The topological polar surface area (TPSA) is 90.2 Å². The predicted molar refractivity (Wildman–Crippen MR) is 76.5 cm³/mol. The molecule has 0 amide bonds. The maximum atomic E-state index is 10.1. The van der Waals surface area contributed by atoms with E-state index in [9.17, 15) is 20.4 Å². The number of aliphatic hydroxyl groups excluding tert-OH is 4. The molecule has 21 heavy (non-hydrogen) atoms. The first-order valence-corrected chi connectivity index (χ1v) is 6.83. The van der Waals surface area contributed by atoms with Crippen LogP contribution in [0.2, 0.25) is 0 Å². The molecule has 0 spiro atoms. The van der Waals surface area contributed by atoms with E-state index in [-0.39, 0.29) is 0 Å². The lowest BCUT2D eigenvalue weighted by Gasteiger charge is -2.40. The van der Waals surface area contributed by atoms with Crippen molar-refractivity contribution in [1.29, 1.82) is 0 Å². The van der Waals surface area contributed by atoms with Crippen LogP contribution in [-0.2, 0) is 4.74 Å². The molecule has 2 rings (SSSR count). The Labute approximate surface area is 123 Å². The van der Waals surface area contributed by atoms with Crippen LogP contribution in [0.3, 0.4) is 0 Å². The highest BCUT2D eigenvalue weighted by Gasteiger charge is 2.44. The van der Waals surface area contributed by atoms with E-state index in [0.717, 1.165) is 11.1 Å². The van der Waals surface area contributed by atoms with Crippen molar-refractivity contribution in [3.63, 3.8) is 0 Å². The van der Waals surface area contributed by atoms with E-state index in [1.807, 2.05) is 13.0 Å². The Balaban J connectivity index is 2.33. The second kappa shape index (κ2) is 6.56. The van der Waals surface area contributed by atoms with Crippen LogP contribution >= 0.6 is 0 Å². The van der Waals surface area contributed by atoms with Crippen molar-refractivity contribution in [3.8, 4) is 11.8 Å². The number of hydrogen-bond acceptors (Lipinski definition) is 5. The van der Waals surface area contributed by atoms with Crippen molar-refractivity contribution in [3.05, 3.63) is 34.9 Å². The largest absolute Gasteiger partial charge is 0.394 e. The fourth-order valence-corrected chi connectivity index (χ4v) is 2.58. The van der Waals surface area contributed by atoms with Crippen LogP contribution in [0, 0.1) is 18.8 Å². The molecule has 1 aliphatic heterocycles. The molecule has 1 fully saturated rings. The highest BCUT2D eigenvalue weighted by Crippen LogP contribution is 2.34. The lowest BCUT2D eigenvalue weighted by Crippen LogP contribution is -2.55. The molecule has 1 aliphatic rings. The van der Waals surface area contributed by atoms with Crippen molar-refractivity contribution in [2.24, 2.45) is 0 Å². The second-order valence-corrected chi connectivity index (χ2v) is 5.20. The number of rotatable bonds is 2. The number of hydrogen-bond donors (Lipinski definition) is 4. The third-order valence-electron chi connectivity index (χ3n) is 3.74. The molecule has 5 heteroatoms. The summed E-state index contributed by atoms with van der Waals surface area (Å²) in [6.45, 7) is 3.18. The van der Waals surface area contributed by atoms with Gasteiger partial charge in [-0.05, 0) is 37.1 Å². The molecule has 5 nitrogen and oxygen atoms in total. The summed E-state index contributed by atoms with van der Waals surface area (Å²) in [6.07, 6.45) is -5.67. The fraction of sp³-hybridized carbons (Fsp3) is 0.500. The van der Waals surface area contributed by atoms with Crippen LogP contribution in [0.15, 0.2) is 18.2 Å². The Morgan fingerprint density at radius 1 is 1.14 bits per heavy atom. The van der Waals surface area contributed by atoms with Gasteiger partial charge in [0.1, 0.15) is 30.5 Å². The predicted octanol–water partition coefficient (Wildman–Crippen LogP) is -0.119. The average Bonchev–Trinajstić information content (AvgIpc) is 2.47. The lowest BCUT2D eigenvalue weighted by molar-refractivity contribution is -0.231. The van der Waals surface area contributed by atoms with Gasteiger partial charge in [0.25, 0.3) is 0 Å². The fourth-order valence-electron chi connectivity index (χ4n) is 2.58.